The topological polar surface area (TPSA) is 83.5 Å². The number of carbonyl (C=O) groups is 1. The molecule has 75 valence electrons. The zero-order valence-corrected chi connectivity index (χ0v) is 8.13. The lowest BCUT2D eigenvalue weighted by Gasteiger charge is -2.03. The summed E-state index contributed by atoms with van der Waals surface area (Å²) in [5.41, 5.74) is 0.172. The molecule has 0 saturated carbocycles. The van der Waals surface area contributed by atoms with E-state index in [2.05, 4.69) is 10.8 Å². The van der Waals surface area contributed by atoms with Crippen molar-refractivity contribution in [2.45, 2.75) is 0 Å². The van der Waals surface area contributed by atoms with Gasteiger partial charge >= 0.3 is 5.97 Å². The molecule has 1 rings (SSSR count). The summed E-state index contributed by atoms with van der Waals surface area (Å²) in [6.07, 6.45) is 0.987. The normalized spacial score (nSPS) is 10.9. The Hall–Kier alpha value is -1.56. The van der Waals surface area contributed by atoms with E-state index in [0.29, 0.717) is 0 Å². The van der Waals surface area contributed by atoms with Crippen LogP contribution in [-0.4, -0.2) is 25.7 Å². The van der Waals surface area contributed by atoms with Crippen LogP contribution >= 0.6 is 0 Å². The third kappa shape index (κ3) is 3.06. The van der Waals surface area contributed by atoms with Crippen molar-refractivity contribution in [3.8, 4) is 0 Å². The van der Waals surface area contributed by atoms with Crippen LogP contribution < -0.4 is 4.72 Å². The number of sulfonamides is 1. The Morgan fingerprint density at radius 1 is 1.50 bits per heavy atom. The lowest BCUT2D eigenvalue weighted by molar-refractivity contribution is 0.0697. The summed E-state index contributed by atoms with van der Waals surface area (Å²) < 4.78 is 23.8. The van der Waals surface area contributed by atoms with E-state index in [-0.39, 0.29) is 11.3 Å². The van der Waals surface area contributed by atoms with E-state index in [0.717, 1.165) is 6.26 Å². The molecule has 0 unspecified atom stereocenters. The van der Waals surface area contributed by atoms with Gasteiger partial charge < -0.3 is 5.11 Å². The fraction of sp³-hybridized carbons (Fsp3) is 0.125. The maximum absolute atomic E-state index is 10.8. The molecule has 5 nitrogen and oxygen atoms in total. The number of carboxylic acids is 1. The van der Waals surface area contributed by atoms with Gasteiger partial charge in [-0.3, -0.25) is 4.72 Å². The van der Waals surface area contributed by atoms with Crippen molar-refractivity contribution < 1.29 is 18.3 Å². The largest absolute Gasteiger partial charge is 0.478 e. The van der Waals surface area contributed by atoms with E-state index in [9.17, 15) is 13.2 Å². The minimum Gasteiger partial charge on any atom is -0.478 e. The molecule has 0 aromatic heterocycles. The monoisotopic (exact) mass is 214 g/mol. The maximum Gasteiger partial charge on any atom is 0.335 e. The SMILES string of the molecule is CS(=O)(=O)Nc1c[c]cc(C(=O)O)c1. The first-order chi connectivity index (χ1) is 6.38. The smallest absolute Gasteiger partial charge is 0.335 e. The number of rotatable bonds is 3. The van der Waals surface area contributed by atoms with E-state index in [4.69, 9.17) is 5.11 Å². The summed E-state index contributed by atoms with van der Waals surface area (Å²) in [6.45, 7) is 0. The lowest BCUT2D eigenvalue weighted by Crippen LogP contribution is -2.10. The second-order valence-electron chi connectivity index (χ2n) is 2.69. The molecule has 1 aromatic carbocycles. The molecule has 0 aliphatic carbocycles. The summed E-state index contributed by atoms with van der Waals surface area (Å²) in [5, 5.41) is 8.61. The van der Waals surface area contributed by atoms with Crippen molar-refractivity contribution in [3.63, 3.8) is 0 Å². The third-order valence-corrected chi connectivity index (χ3v) is 1.95. The zero-order valence-electron chi connectivity index (χ0n) is 7.31. The third-order valence-electron chi connectivity index (χ3n) is 1.34. The van der Waals surface area contributed by atoms with Crippen molar-refractivity contribution in [2.75, 3.05) is 11.0 Å². The van der Waals surface area contributed by atoms with Gasteiger partial charge in [-0.05, 0) is 24.3 Å². The minimum absolute atomic E-state index is 0.0151. The first-order valence-electron chi connectivity index (χ1n) is 3.61. The molecule has 1 aromatic rings. The predicted octanol–water partition coefficient (Wildman–Crippen LogP) is 0.556. The Morgan fingerprint density at radius 3 is 2.64 bits per heavy atom. The van der Waals surface area contributed by atoms with Crippen molar-refractivity contribution in [1.82, 2.24) is 0 Å². The molecule has 0 saturated heterocycles. The molecule has 0 spiro atoms. The highest BCUT2D eigenvalue weighted by Gasteiger charge is 2.05. The molecule has 0 aliphatic heterocycles. The molecule has 0 heterocycles. The second-order valence-corrected chi connectivity index (χ2v) is 4.44. The molecular weight excluding hydrogens is 206 g/mol. The molecule has 0 bridgehead atoms. The van der Waals surface area contributed by atoms with Gasteiger partial charge in [-0.15, -0.1) is 0 Å². The van der Waals surface area contributed by atoms with Crippen LogP contribution in [0.1, 0.15) is 10.4 Å². The van der Waals surface area contributed by atoms with Gasteiger partial charge in [0.1, 0.15) is 0 Å². The zero-order chi connectivity index (χ0) is 10.8. The van der Waals surface area contributed by atoms with E-state index in [1.54, 1.807) is 0 Å². The van der Waals surface area contributed by atoms with Crippen LogP contribution in [0.25, 0.3) is 0 Å². The quantitative estimate of drug-likeness (QED) is 0.769. The van der Waals surface area contributed by atoms with E-state index >= 15 is 0 Å². The number of anilines is 1. The van der Waals surface area contributed by atoms with Crippen molar-refractivity contribution in [2.24, 2.45) is 0 Å². The van der Waals surface area contributed by atoms with Gasteiger partial charge in [0.2, 0.25) is 10.0 Å². The van der Waals surface area contributed by atoms with Crippen molar-refractivity contribution in [1.29, 1.82) is 0 Å². The fourth-order valence-corrected chi connectivity index (χ4v) is 1.41. The molecule has 6 heteroatoms. The van der Waals surface area contributed by atoms with Gasteiger partial charge in [-0.2, -0.15) is 0 Å². The van der Waals surface area contributed by atoms with Gasteiger partial charge in [-0.25, -0.2) is 13.2 Å². The first-order valence-corrected chi connectivity index (χ1v) is 5.50. The number of benzene rings is 1. The molecule has 0 amide bonds. The second kappa shape index (κ2) is 3.67. The summed E-state index contributed by atoms with van der Waals surface area (Å²) in [7, 11) is -3.38. The number of hydrogen-bond acceptors (Lipinski definition) is 3. The maximum atomic E-state index is 10.8. The Morgan fingerprint density at radius 2 is 2.14 bits per heavy atom. The van der Waals surface area contributed by atoms with Gasteiger partial charge in [-0.1, -0.05) is 0 Å². The highest BCUT2D eigenvalue weighted by atomic mass is 32.2. The molecule has 0 atom stereocenters. The summed E-state index contributed by atoms with van der Waals surface area (Å²) in [4.78, 5) is 10.5. The number of carboxylic acid groups (broad SMARTS) is 1. The van der Waals surface area contributed by atoms with Crippen LogP contribution in [0.5, 0.6) is 0 Å². The van der Waals surface area contributed by atoms with Gasteiger partial charge in [0.05, 0.1) is 11.8 Å². The number of hydrogen-bond donors (Lipinski definition) is 2. The number of aromatic carboxylic acids is 1. The molecule has 14 heavy (non-hydrogen) atoms. The average Bonchev–Trinajstić information content (AvgIpc) is 2.01. The Kier molecular flexibility index (Phi) is 2.76. The van der Waals surface area contributed by atoms with Gasteiger partial charge in [0.15, 0.2) is 0 Å². The molecule has 2 N–H and O–H groups in total. The Bertz CT molecular complexity index is 452. The minimum atomic E-state index is -3.38. The van der Waals surface area contributed by atoms with E-state index in [1.165, 1.54) is 18.2 Å². The van der Waals surface area contributed by atoms with Crippen molar-refractivity contribution in [3.05, 3.63) is 29.8 Å². The van der Waals surface area contributed by atoms with Crippen molar-refractivity contribution >= 4 is 21.7 Å². The average molecular weight is 214 g/mol. The summed E-state index contributed by atoms with van der Waals surface area (Å²) >= 11 is 0. The highest BCUT2D eigenvalue weighted by molar-refractivity contribution is 7.92. The predicted molar refractivity (Wildman–Crippen MR) is 50.7 cm³/mol. The molecule has 0 aliphatic rings. The van der Waals surface area contributed by atoms with E-state index < -0.39 is 16.0 Å². The van der Waals surface area contributed by atoms with Crippen LogP contribution in [0, 0.1) is 6.07 Å². The van der Waals surface area contributed by atoms with Crippen LogP contribution in [-0.2, 0) is 10.0 Å². The molecular formula is C8H8NO4S. The van der Waals surface area contributed by atoms with Crippen LogP contribution in [0.2, 0.25) is 0 Å². The summed E-state index contributed by atoms with van der Waals surface area (Å²) in [5.74, 6) is -1.13. The standard InChI is InChI=1S/C8H8NO4S/c1-14(12,13)9-7-4-2-3-6(5-7)8(10)11/h3-5,9H,1H3,(H,10,11). The lowest BCUT2D eigenvalue weighted by atomic mass is 10.2. The Labute approximate surface area is 81.4 Å². The molecule has 1 radical (unpaired) electrons. The molecule has 0 fully saturated rings. The fourth-order valence-electron chi connectivity index (χ4n) is 0.869. The summed E-state index contributed by atoms with van der Waals surface area (Å²) in [6, 6.07) is 6.36. The van der Waals surface area contributed by atoms with Crippen LogP contribution in [0.15, 0.2) is 18.2 Å². The van der Waals surface area contributed by atoms with Gasteiger partial charge in [0, 0.05) is 5.69 Å². The highest BCUT2D eigenvalue weighted by Crippen LogP contribution is 2.11. The van der Waals surface area contributed by atoms with Crippen LogP contribution in [0.4, 0.5) is 5.69 Å². The van der Waals surface area contributed by atoms with Crippen LogP contribution in [0.3, 0.4) is 0 Å². The number of nitrogens with one attached hydrogen (secondary N) is 1. The van der Waals surface area contributed by atoms with Gasteiger partial charge in [0.25, 0.3) is 0 Å². The first kappa shape index (κ1) is 10.5. The Balaban J connectivity index is 3.01. The van der Waals surface area contributed by atoms with E-state index in [1.807, 2.05) is 0 Å².